The van der Waals surface area contributed by atoms with Gasteiger partial charge in [-0.15, -0.1) is 11.8 Å². The number of aromatic nitrogens is 2. The summed E-state index contributed by atoms with van der Waals surface area (Å²) in [7, 11) is 0. The highest BCUT2D eigenvalue weighted by molar-refractivity contribution is 8.04. The maximum Gasteiger partial charge on any atom is 0.410 e. The van der Waals surface area contributed by atoms with Crippen molar-refractivity contribution in [3.8, 4) is 0 Å². The van der Waals surface area contributed by atoms with Crippen LogP contribution in [-0.2, 0) is 4.74 Å². The molecule has 0 saturated heterocycles. The Balaban J connectivity index is 1.43. The van der Waals surface area contributed by atoms with E-state index in [4.69, 9.17) is 4.74 Å². The van der Waals surface area contributed by atoms with Gasteiger partial charge in [0.05, 0.1) is 35.9 Å². The maximum absolute atomic E-state index is 14.1. The number of alkyl halides is 3. The van der Waals surface area contributed by atoms with Gasteiger partial charge in [0.2, 0.25) is 0 Å². The number of carbonyl (C=O) groups excluding carboxylic acids is 1. The van der Waals surface area contributed by atoms with E-state index in [1.165, 1.54) is 16.7 Å². The largest absolute Gasteiger partial charge is 0.498 e. The van der Waals surface area contributed by atoms with E-state index >= 15 is 0 Å². The van der Waals surface area contributed by atoms with Gasteiger partial charge in [-0.3, -0.25) is 4.79 Å². The molecule has 1 aromatic heterocycles. The Labute approximate surface area is 218 Å². The zero-order valence-corrected chi connectivity index (χ0v) is 21.7. The summed E-state index contributed by atoms with van der Waals surface area (Å²) in [6.45, 7) is 8.41. The monoisotopic (exact) mass is 532 g/mol. The van der Waals surface area contributed by atoms with Gasteiger partial charge < -0.3 is 15.4 Å². The van der Waals surface area contributed by atoms with Crippen molar-refractivity contribution >= 4 is 23.5 Å². The van der Waals surface area contributed by atoms with E-state index < -0.39 is 24.2 Å². The van der Waals surface area contributed by atoms with E-state index in [2.05, 4.69) is 22.3 Å². The lowest BCUT2D eigenvalue weighted by Crippen LogP contribution is -2.39. The molecular weight excluding hydrogens is 501 g/mol. The fraction of sp³-hybridized carbons (Fsp3) is 0.481. The molecule has 4 atom stereocenters. The number of hydrogen-bond acceptors (Lipinski definition) is 5. The lowest BCUT2D eigenvalue weighted by atomic mass is 9.88. The summed E-state index contributed by atoms with van der Waals surface area (Å²) in [5, 5.41) is 9.91. The lowest BCUT2D eigenvalue weighted by molar-refractivity contribution is -0.173. The van der Waals surface area contributed by atoms with Gasteiger partial charge in [0.1, 0.15) is 11.4 Å². The Kier molecular flexibility index (Phi) is 7.04. The van der Waals surface area contributed by atoms with E-state index in [0.717, 1.165) is 41.5 Å². The number of allylic oxidation sites excluding steroid dienone is 1. The third-order valence-corrected chi connectivity index (χ3v) is 8.71. The van der Waals surface area contributed by atoms with Crippen molar-refractivity contribution in [1.29, 1.82) is 0 Å². The molecule has 0 spiro atoms. The summed E-state index contributed by atoms with van der Waals surface area (Å²) in [6, 6.07) is 4.94. The minimum Gasteiger partial charge on any atom is -0.498 e. The predicted molar refractivity (Wildman–Crippen MR) is 138 cm³/mol. The predicted octanol–water partition coefficient (Wildman–Crippen LogP) is 6.65. The third kappa shape index (κ3) is 5.00. The van der Waals surface area contributed by atoms with Crippen LogP contribution >= 0.6 is 11.8 Å². The summed E-state index contributed by atoms with van der Waals surface area (Å²) in [5.41, 5.74) is 3.10. The Hall–Kier alpha value is -2.88. The van der Waals surface area contributed by atoms with Crippen molar-refractivity contribution in [2.24, 2.45) is 5.92 Å². The summed E-state index contributed by atoms with van der Waals surface area (Å²) in [4.78, 5) is 14.8. The number of ether oxygens (including phenoxy) is 1. The number of amides is 1. The highest BCUT2D eigenvalue weighted by Gasteiger charge is 2.48. The number of carbonyl (C=O) groups is 1. The van der Waals surface area contributed by atoms with Crippen molar-refractivity contribution in [1.82, 2.24) is 15.1 Å². The van der Waals surface area contributed by atoms with Gasteiger partial charge in [0.25, 0.3) is 5.91 Å². The van der Waals surface area contributed by atoms with Crippen molar-refractivity contribution in [2.75, 3.05) is 11.9 Å². The molecule has 1 amide bonds. The van der Waals surface area contributed by atoms with Crippen molar-refractivity contribution in [2.45, 2.75) is 69.6 Å². The first-order valence-electron chi connectivity index (χ1n) is 12.7. The van der Waals surface area contributed by atoms with E-state index in [1.807, 2.05) is 38.1 Å². The number of fused-ring (bicyclic) bond motifs is 1. The molecule has 2 N–H and O–H groups in total. The first-order chi connectivity index (χ1) is 17.7. The van der Waals surface area contributed by atoms with Gasteiger partial charge in [-0.2, -0.15) is 18.3 Å². The van der Waals surface area contributed by atoms with Gasteiger partial charge in [-0.1, -0.05) is 36.4 Å². The van der Waals surface area contributed by atoms with Gasteiger partial charge in [-0.05, 0) is 55.6 Å². The van der Waals surface area contributed by atoms with Crippen LogP contribution in [-0.4, -0.2) is 33.8 Å². The number of hydrogen-bond donors (Lipinski definition) is 2. The van der Waals surface area contributed by atoms with Gasteiger partial charge in [-0.25, -0.2) is 4.68 Å². The molecule has 5 rings (SSSR count). The van der Waals surface area contributed by atoms with Crippen LogP contribution in [0.5, 0.6) is 0 Å². The smallest absolute Gasteiger partial charge is 0.410 e. The van der Waals surface area contributed by atoms with Crippen LogP contribution in [0.15, 0.2) is 53.3 Å². The molecule has 37 heavy (non-hydrogen) atoms. The van der Waals surface area contributed by atoms with Crippen LogP contribution in [0.3, 0.4) is 0 Å². The summed E-state index contributed by atoms with van der Waals surface area (Å²) in [5.74, 6) is 0.0640. The quantitative estimate of drug-likeness (QED) is 0.408. The number of nitrogens with zero attached hydrogens (tertiary/aromatic N) is 2. The minimum atomic E-state index is -4.51. The molecule has 0 radical (unpaired) electrons. The Morgan fingerprint density at radius 1 is 1.27 bits per heavy atom. The Morgan fingerprint density at radius 3 is 2.70 bits per heavy atom. The van der Waals surface area contributed by atoms with Crippen LogP contribution in [0.1, 0.15) is 72.6 Å². The molecule has 3 heterocycles. The molecule has 198 valence electrons. The molecule has 4 unspecified atom stereocenters. The molecule has 0 fully saturated rings. The van der Waals surface area contributed by atoms with Crippen molar-refractivity contribution in [3.05, 3.63) is 70.0 Å². The molecule has 2 aromatic rings. The zero-order valence-electron chi connectivity index (χ0n) is 20.9. The van der Waals surface area contributed by atoms with Crippen LogP contribution in [0.4, 0.5) is 19.0 Å². The van der Waals surface area contributed by atoms with E-state index in [9.17, 15) is 18.0 Å². The lowest BCUT2D eigenvalue weighted by Gasteiger charge is -2.34. The van der Waals surface area contributed by atoms with Gasteiger partial charge >= 0.3 is 6.18 Å². The first kappa shape index (κ1) is 25.8. The zero-order chi connectivity index (χ0) is 26.3. The number of thioether (sulfide) groups is 1. The van der Waals surface area contributed by atoms with E-state index in [-0.39, 0.29) is 29.1 Å². The Bertz CT molecular complexity index is 1220. The van der Waals surface area contributed by atoms with Crippen molar-refractivity contribution in [3.63, 3.8) is 0 Å². The van der Waals surface area contributed by atoms with Crippen LogP contribution in [0.25, 0.3) is 0 Å². The van der Waals surface area contributed by atoms with Crippen LogP contribution < -0.4 is 10.6 Å². The average Bonchev–Trinajstić information content (AvgIpc) is 3.44. The number of benzene rings is 1. The molecule has 3 aliphatic rings. The number of rotatable bonds is 6. The summed E-state index contributed by atoms with van der Waals surface area (Å²) in [6.07, 6.45) is 0.571. The average molecular weight is 533 g/mol. The second-order valence-electron chi connectivity index (χ2n) is 9.80. The molecule has 1 aliphatic carbocycles. The molecule has 6 nitrogen and oxygen atoms in total. The molecule has 10 heteroatoms. The fourth-order valence-electron chi connectivity index (χ4n) is 5.47. The van der Waals surface area contributed by atoms with Crippen molar-refractivity contribution < 1.29 is 22.7 Å². The van der Waals surface area contributed by atoms with Gasteiger partial charge in [0, 0.05) is 6.42 Å². The standard InChI is InChI=1S/C27H31F3N4O2S/c1-4-36-16(3)23-18-7-5-6-8-21(18)37-26(23)33-25(35)19-14-31-34-22(27(28,29)30)13-20(32-24(19)34)17-11-9-15(2)10-12-17/h9-12,14,20,22-23,26,32H,3-8,13H2,1-2H3,(H,33,35). The second kappa shape index (κ2) is 10.1. The van der Waals surface area contributed by atoms with E-state index in [0.29, 0.717) is 12.4 Å². The molecule has 1 aromatic carbocycles. The molecule has 2 aliphatic heterocycles. The number of anilines is 1. The molecule has 0 bridgehead atoms. The topological polar surface area (TPSA) is 68.2 Å². The van der Waals surface area contributed by atoms with Gasteiger partial charge in [0.15, 0.2) is 6.04 Å². The highest BCUT2D eigenvalue weighted by Crippen LogP contribution is 2.50. The summed E-state index contributed by atoms with van der Waals surface area (Å²) >= 11 is 1.60. The molecular formula is C27H31F3N4O2S. The Morgan fingerprint density at radius 2 is 2.00 bits per heavy atom. The first-order valence-corrected chi connectivity index (χ1v) is 13.5. The third-order valence-electron chi connectivity index (χ3n) is 7.32. The SMILES string of the molecule is C=C(OCC)C1C2=C(CCCC2)SC1NC(=O)c1cnn2c1NC(c1ccc(C)cc1)CC2C(F)(F)F. The van der Waals surface area contributed by atoms with Crippen LogP contribution in [0.2, 0.25) is 0 Å². The maximum atomic E-state index is 14.1. The normalized spacial score (nSPS) is 25.2. The number of halogens is 3. The summed E-state index contributed by atoms with van der Waals surface area (Å²) < 4.78 is 48.9. The minimum absolute atomic E-state index is 0.0811. The number of nitrogens with one attached hydrogen (secondary N) is 2. The highest BCUT2D eigenvalue weighted by atomic mass is 32.2. The van der Waals surface area contributed by atoms with Crippen LogP contribution in [0, 0.1) is 12.8 Å². The fourth-order valence-corrected chi connectivity index (χ4v) is 7.04. The van der Waals surface area contributed by atoms with E-state index in [1.54, 1.807) is 11.8 Å². The molecule has 0 saturated carbocycles. The second-order valence-corrected chi connectivity index (χ2v) is 11.0. The number of aryl methyl sites for hydroxylation is 1.